The molecule has 3 unspecified atom stereocenters. The van der Waals surface area contributed by atoms with Crippen LogP contribution in [0.3, 0.4) is 0 Å². The van der Waals surface area contributed by atoms with Gasteiger partial charge in [0.1, 0.15) is 0 Å². The van der Waals surface area contributed by atoms with Crippen LogP contribution in [0.1, 0.15) is 12.0 Å². The first-order valence-corrected chi connectivity index (χ1v) is 5.70. The third-order valence-corrected chi connectivity index (χ3v) is 3.04. The number of nitrogens with zero attached hydrogens (tertiary/aromatic N) is 1. The van der Waals surface area contributed by atoms with Crippen molar-refractivity contribution >= 4 is 18.8 Å². The average Bonchev–Trinajstić information content (AvgIpc) is 2.18. The fraction of sp³-hybridized carbons (Fsp3) is 0.400. The van der Waals surface area contributed by atoms with E-state index < -0.39 is 0 Å². The number of aliphatic hydroxyl groups is 1. The monoisotopic (exact) mass is 229 g/mol. The van der Waals surface area contributed by atoms with E-state index in [0.717, 1.165) is 12.8 Å². The van der Waals surface area contributed by atoms with Gasteiger partial charge in [0.15, 0.2) is 0 Å². The molecule has 0 saturated heterocycles. The van der Waals surface area contributed by atoms with Gasteiger partial charge in [0.25, 0.3) is 0 Å². The third-order valence-electron chi connectivity index (χ3n) is 2.20. The first-order valence-electron chi connectivity index (χ1n) is 4.67. The predicted molar refractivity (Wildman–Crippen MR) is 66.9 cm³/mol. The van der Waals surface area contributed by atoms with E-state index >= 15 is 0 Å². The second-order valence-corrected chi connectivity index (χ2v) is 5.09. The standard InChI is InChI=1S/C10H17NOP2/c12-7-6-10(11(13)14)8-9-4-2-1-3-5-9/h1-5,10,12H,6-8,13-14H2. The molecule has 0 heterocycles. The Balaban J connectivity index is 2.55. The normalized spacial score (nSPS) is 13.1. The van der Waals surface area contributed by atoms with Crippen molar-refractivity contribution in [1.82, 2.24) is 4.44 Å². The minimum Gasteiger partial charge on any atom is -0.396 e. The van der Waals surface area contributed by atoms with Gasteiger partial charge in [-0.2, -0.15) is 0 Å². The molecule has 0 radical (unpaired) electrons. The molecule has 0 aliphatic heterocycles. The Bertz CT molecular complexity index is 254. The molecule has 0 fully saturated rings. The molecule has 3 atom stereocenters. The van der Waals surface area contributed by atoms with Crippen LogP contribution in [-0.4, -0.2) is 22.2 Å². The molecule has 0 aromatic heterocycles. The second-order valence-electron chi connectivity index (χ2n) is 3.30. The van der Waals surface area contributed by atoms with Crippen LogP contribution in [0.4, 0.5) is 0 Å². The molecule has 0 spiro atoms. The lowest BCUT2D eigenvalue weighted by Gasteiger charge is -2.22. The molecule has 0 bridgehead atoms. The molecule has 14 heavy (non-hydrogen) atoms. The summed E-state index contributed by atoms with van der Waals surface area (Å²) in [7, 11) is 5.25. The van der Waals surface area contributed by atoms with Crippen molar-refractivity contribution < 1.29 is 5.11 Å². The Kier molecular flexibility index (Phi) is 5.59. The van der Waals surface area contributed by atoms with Crippen LogP contribution in [-0.2, 0) is 6.42 Å². The largest absolute Gasteiger partial charge is 0.396 e. The first-order chi connectivity index (χ1) is 6.74. The van der Waals surface area contributed by atoms with Gasteiger partial charge in [0.2, 0.25) is 0 Å². The minimum atomic E-state index is 0.233. The van der Waals surface area contributed by atoms with E-state index in [9.17, 15) is 0 Å². The highest BCUT2D eigenvalue weighted by Gasteiger charge is 2.11. The summed E-state index contributed by atoms with van der Waals surface area (Å²) in [5.74, 6) is 0. The summed E-state index contributed by atoms with van der Waals surface area (Å²) in [6, 6.07) is 10.7. The molecule has 2 nitrogen and oxygen atoms in total. The van der Waals surface area contributed by atoms with E-state index in [1.54, 1.807) is 0 Å². The van der Waals surface area contributed by atoms with E-state index in [1.165, 1.54) is 5.56 Å². The van der Waals surface area contributed by atoms with E-state index in [-0.39, 0.29) is 6.61 Å². The number of aliphatic hydroxyl groups excluding tert-OH is 1. The zero-order valence-corrected chi connectivity index (χ0v) is 10.4. The summed E-state index contributed by atoms with van der Waals surface area (Å²) in [4.78, 5) is 0. The van der Waals surface area contributed by atoms with Crippen molar-refractivity contribution in [2.45, 2.75) is 18.9 Å². The summed E-state index contributed by atoms with van der Waals surface area (Å²) >= 11 is 0. The maximum absolute atomic E-state index is 8.92. The average molecular weight is 229 g/mol. The van der Waals surface area contributed by atoms with Crippen LogP contribution < -0.4 is 0 Å². The van der Waals surface area contributed by atoms with Gasteiger partial charge in [-0.05, 0) is 18.4 Å². The van der Waals surface area contributed by atoms with Gasteiger partial charge in [-0.1, -0.05) is 49.1 Å². The van der Waals surface area contributed by atoms with E-state index in [4.69, 9.17) is 5.11 Å². The highest BCUT2D eigenvalue weighted by atomic mass is 31.1. The Morgan fingerprint density at radius 2 is 1.86 bits per heavy atom. The molecule has 1 aromatic rings. The number of hydrogen-bond acceptors (Lipinski definition) is 2. The van der Waals surface area contributed by atoms with Gasteiger partial charge in [-0.3, -0.25) is 4.44 Å². The zero-order valence-electron chi connectivity index (χ0n) is 8.13. The smallest absolute Gasteiger partial charge is 0.0446 e. The van der Waals surface area contributed by atoms with E-state index in [2.05, 4.69) is 30.9 Å². The molecular weight excluding hydrogens is 212 g/mol. The number of hydrogen-bond donors (Lipinski definition) is 1. The number of rotatable bonds is 5. The molecule has 1 rings (SSSR count). The van der Waals surface area contributed by atoms with Crippen molar-refractivity contribution in [3.63, 3.8) is 0 Å². The summed E-state index contributed by atoms with van der Waals surface area (Å²) < 4.78 is 2.00. The summed E-state index contributed by atoms with van der Waals surface area (Å²) in [6.45, 7) is 0.233. The quantitative estimate of drug-likeness (QED) is 0.779. The van der Waals surface area contributed by atoms with Crippen molar-refractivity contribution in [3.8, 4) is 0 Å². The van der Waals surface area contributed by atoms with Crippen LogP contribution in [0.2, 0.25) is 0 Å². The highest BCUT2D eigenvalue weighted by Crippen LogP contribution is 2.19. The predicted octanol–water partition coefficient (Wildman–Crippen LogP) is 1.86. The molecule has 0 saturated carbocycles. The number of benzene rings is 1. The van der Waals surface area contributed by atoms with Crippen molar-refractivity contribution in [1.29, 1.82) is 0 Å². The first kappa shape index (κ1) is 12.1. The summed E-state index contributed by atoms with van der Waals surface area (Å²) in [5, 5.41) is 8.92. The highest BCUT2D eigenvalue weighted by molar-refractivity contribution is 7.30. The van der Waals surface area contributed by atoms with Gasteiger partial charge < -0.3 is 5.11 Å². The van der Waals surface area contributed by atoms with Crippen molar-refractivity contribution in [3.05, 3.63) is 35.9 Å². The third kappa shape index (κ3) is 4.02. The molecule has 1 aromatic carbocycles. The van der Waals surface area contributed by atoms with Crippen LogP contribution in [0, 0.1) is 0 Å². The molecular formula is C10H17NOP2. The van der Waals surface area contributed by atoms with Crippen LogP contribution in [0.15, 0.2) is 30.3 Å². The maximum atomic E-state index is 8.92. The Labute approximate surface area is 90.2 Å². The molecule has 4 heteroatoms. The molecule has 0 amide bonds. The maximum Gasteiger partial charge on any atom is 0.0446 e. The van der Waals surface area contributed by atoms with Crippen LogP contribution >= 0.6 is 18.8 Å². The Morgan fingerprint density at radius 3 is 2.36 bits per heavy atom. The molecule has 1 N–H and O–H groups in total. The second kappa shape index (κ2) is 6.48. The van der Waals surface area contributed by atoms with Gasteiger partial charge >= 0.3 is 0 Å². The summed E-state index contributed by atoms with van der Waals surface area (Å²) in [5.41, 5.74) is 1.31. The van der Waals surface area contributed by atoms with Crippen molar-refractivity contribution in [2.24, 2.45) is 0 Å². The van der Waals surface area contributed by atoms with Gasteiger partial charge in [-0.15, -0.1) is 0 Å². The lowest BCUT2D eigenvalue weighted by Crippen LogP contribution is -2.22. The zero-order chi connectivity index (χ0) is 10.4. The molecule has 78 valence electrons. The molecule has 0 aliphatic rings. The Hall–Kier alpha value is -0.000000000000000111. The van der Waals surface area contributed by atoms with Gasteiger partial charge in [0, 0.05) is 12.6 Å². The fourth-order valence-corrected chi connectivity index (χ4v) is 1.90. The van der Waals surface area contributed by atoms with Crippen LogP contribution in [0.5, 0.6) is 0 Å². The fourth-order valence-electron chi connectivity index (χ4n) is 1.39. The van der Waals surface area contributed by atoms with Gasteiger partial charge in [0.05, 0.1) is 0 Å². The molecule has 0 aliphatic carbocycles. The van der Waals surface area contributed by atoms with Gasteiger partial charge in [-0.25, -0.2) is 0 Å². The van der Waals surface area contributed by atoms with Crippen LogP contribution in [0.25, 0.3) is 0 Å². The lowest BCUT2D eigenvalue weighted by atomic mass is 10.0. The minimum absolute atomic E-state index is 0.233. The SMILES string of the molecule is OCCC(Cc1ccccc1)N(P)P. The summed E-state index contributed by atoms with van der Waals surface area (Å²) in [6.07, 6.45) is 1.76. The topological polar surface area (TPSA) is 23.5 Å². The van der Waals surface area contributed by atoms with E-state index in [0.29, 0.717) is 6.04 Å². The Morgan fingerprint density at radius 1 is 1.21 bits per heavy atom. The van der Waals surface area contributed by atoms with Crippen molar-refractivity contribution in [2.75, 3.05) is 6.61 Å². The lowest BCUT2D eigenvalue weighted by molar-refractivity contribution is 0.259. The van der Waals surface area contributed by atoms with E-state index in [1.807, 2.05) is 22.6 Å².